The molecular weight excluding hydrogens is 307 g/mol. The molecule has 0 radical (unpaired) electrons. The van der Waals surface area contributed by atoms with Gasteiger partial charge in [-0.15, -0.1) is 0 Å². The van der Waals surface area contributed by atoms with Gasteiger partial charge in [0.25, 0.3) is 0 Å². The predicted octanol–water partition coefficient (Wildman–Crippen LogP) is 3.05. The number of amides is 2. The normalized spacial score (nSPS) is 11.6. The molecule has 0 aliphatic carbocycles. The quantitative estimate of drug-likeness (QED) is 0.886. The standard InChI is InChI=1S/C19H21FN2O2/c1-14(23)21-18(15-8-4-3-5-9-15)12-19(24)22(2)13-16-10-6-7-11-17(16)20/h3-11,18H,12-13H2,1-2H3,(H,21,23). The van der Waals surface area contributed by atoms with Crippen LogP contribution >= 0.6 is 0 Å². The molecule has 4 nitrogen and oxygen atoms in total. The van der Waals surface area contributed by atoms with Gasteiger partial charge in [-0.05, 0) is 11.6 Å². The third kappa shape index (κ3) is 4.91. The van der Waals surface area contributed by atoms with E-state index in [1.807, 2.05) is 30.3 Å². The highest BCUT2D eigenvalue weighted by molar-refractivity contribution is 5.79. The van der Waals surface area contributed by atoms with Crippen LogP contribution < -0.4 is 5.32 Å². The van der Waals surface area contributed by atoms with Crippen LogP contribution in [0.4, 0.5) is 4.39 Å². The molecule has 1 N–H and O–H groups in total. The maximum Gasteiger partial charge on any atom is 0.225 e. The van der Waals surface area contributed by atoms with E-state index in [0.29, 0.717) is 5.56 Å². The molecule has 0 aliphatic heterocycles. The zero-order valence-electron chi connectivity index (χ0n) is 13.8. The summed E-state index contributed by atoms with van der Waals surface area (Å²) in [5, 5.41) is 2.80. The molecule has 2 rings (SSSR count). The average molecular weight is 328 g/mol. The second-order valence-corrected chi connectivity index (χ2v) is 5.71. The van der Waals surface area contributed by atoms with E-state index in [1.54, 1.807) is 25.2 Å². The predicted molar refractivity (Wildman–Crippen MR) is 90.5 cm³/mol. The Labute approximate surface area is 141 Å². The lowest BCUT2D eigenvalue weighted by atomic mass is 10.0. The lowest BCUT2D eigenvalue weighted by Crippen LogP contribution is -2.33. The van der Waals surface area contributed by atoms with Gasteiger partial charge in [0.2, 0.25) is 11.8 Å². The van der Waals surface area contributed by atoms with Crippen molar-refractivity contribution in [3.05, 3.63) is 71.5 Å². The SMILES string of the molecule is CC(=O)NC(CC(=O)N(C)Cc1ccccc1F)c1ccccc1. The van der Waals surface area contributed by atoms with E-state index in [9.17, 15) is 14.0 Å². The molecule has 0 saturated carbocycles. The van der Waals surface area contributed by atoms with Gasteiger partial charge < -0.3 is 10.2 Å². The molecule has 0 spiro atoms. The average Bonchev–Trinajstić information content (AvgIpc) is 2.56. The van der Waals surface area contributed by atoms with E-state index < -0.39 is 6.04 Å². The molecule has 24 heavy (non-hydrogen) atoms. The summed E-state index contributed by atoms with van der Waals surface area (Å²) in [6, 6.07) is 15.3. The number of halogens is 1. The van der Waals surface area contributed by atoms with Gasteiger partial charge in [0, 0.05) is 26.1 Å². The second-order valence-electron chi connectivity index (χ2n) is 5.71. The second kappa shape index (κ2) is 8.24. The molecule has 1 unspecified atom stereocenters. The van der Waals surface area contributed by atoms with Crippen LogP contribution in [-0.2, 0) is 16.1 Å². The van der Waals surface area contributed by atoms with Crippen LogP contribution in [0.5, 0.6) is 0 Å². The van der Waals surface area contributed by atoms with Gasteiger partial charge in [-0.25, -0.2) is 4.39 Å². The third-order valence-electron chi connectivity index (χ3n) is 3.75. The van der Waals surface area contributed by atoms with Crippen LogP contribution in [-0.4, -0.2) is 23.8 Å². The molecule has 0 bridgehead atoms. The van der Waals surface area contributed by atoms with Crippen LogP contribution in [0.2, 0.25) is 0 Å². The van der Waals surface area contributed by atoms with E-state index in [0.717, 1.165) is 5.56 Å². The molecule has 1 atom stereocenters. The van der Waals surface area contributed by atoms with E-state index in [4.69, 9.17) is 0 Å². The number of carbonyl (C=O) groups is 2. The van der Waals surface area contributed by atoms with Crippen molar-refractivity contribution < 1.29 is 14.0 Å². The number of hydrogen-bond acceptors (Lipinski definition) is 2. The van der Waals surface area contributed by atoms with Crippen LogP contribution in [0.25, 0.3) is 0 Å². The van der Waals surface area contributed by atoms with Crippen LogP contribution in [0, 0.1) is 5.82 Å². The van der Waals surface area contributed by atoms with Crippen LogP contribution in [0.3, 0.4) is 0 Å². The highest BCUT2D eigenvalue weighted by Gasteiger charge is 2.20. The van der Waals surface area contributed by atoms with Crippen molar-refractivity contribution in [3.63, 3.8) is 0 Å². The molecule has 0 saturated heterocycles. The minimum absolute atomic E-state index is 0.120. The van der Waals surface area contributed by atoms with Gasteiger partial charge in [-0.3, -0.25) is 9.59 Å². The summed E-state index contributed by atoms with van der Waals surface area (Å²) in [5.74, 6) is -0.701. The Bertz CT molecular complexity index is 704. The summed E-state index contributed by atoms with van der Waals surface area (Å²) in [4.78, 5) is 25.4. The number of hydrogen-bond donors (Lipinski definition) is 1. The topological polar surface area (TPSA) is 49.4 Å². The summed E-state index contributed by atoms with van der Waals surface area (Å²) in [6.07, 6.45) is 0.120. The Morgan fingerprint density at radius 2 is 1.71 bits per heavy atom. The van der Waals surface area contributed by atoms with E-state index >= 15 is 0 Å². The first kappa shape index (κ1) is 17.7. The van der Waals surface area contributed by atoms with E-state index in [-0.39, 0.29) is 30.6 Å². The van der Waals surface area contributed by atoms with Crippen molar-refractivity contribution in [2.45, 2.75) is 25.9 Å². The van der Waals surface area contributed by atoms with Gasteiger partial charge in [-0.1, -0.05) is 48.5 Å². The van der Waals surface area contributed by atoms with Crippen molar-refractivity contribution in [2.75, 3.05) is 7.05 Å². The maximum atomic E-state index is 13.7. The van der Waals surface area contributed by atoms with Gasteiger partial charge in [0.05, 0.1) is 12.5 Å². The number of nitrogens with one attached hydrogen (secondary N) is 1. The molecule has 2 amide bonds. The largest absolute Gasteiger partial charge is 0.349 e. The van der Waals surface area contributed by atoms with Crippen LogP contribution in [0.1, 0.15) is 30.5 Å². The van der Waals surface area contributed by atoms with Gasteiger partial charge >= 0.3 is 0 Å². The van der Waals surface area contributed by atoms with Crippen molar-refractivity contribution in [1.29, 1.82) is 0 Å². The van der Waals surface area contributed by atoms with Gasteiger partial charge in [0.15, 0.2) is 0 Å². The molecule has 2 aromatic carbocycles. The molecular formula is C19H21FN2O2. The molecule has 0 aliphatic rings. The molecule has 126 valence electrons. The van der Waals surface area contributed by atoms with E-state index in [2.05, 4.69) is 5.32 Å². The summed E-state index contributed by atoms with van der Waals surface area (Å²) in [5.41, 5.74) is 1.32. The van der Waals surface area contributed by atoms with Crippen molar-refractivity contribution in [2.24, 2.45) is 0 Å². The summed E-state index contributed by atoms with van der Waals surface area (Å²) >= 11 is 0. The first-order valence-electron chi connectivity index (χ1n) is 7.77. The Morgan fingerprint density at radius 1 is 1.08 bits per heavy atom. The number of nitrogens with zero attached hydrogens (tertiary/aromatic N) is 1. The maximum absolute atomic E-state index is 13.7. The molecule has 0 heterocycles. The zero-order valence-corrected chi connectivity index (χ0v) is 13.8. The summed E-state index contributed by atoms with van der Waals surface area (Å²) < 4.78 is 13.7. The molecule has 5 heteroatoms. The minimum atomic E-state index is -0.403. The first-order chi connectivity index (χ1) is 11.5. The highest BCUT2D eigenvalue weighted by atomic mass is 19.1. The van der Waals surface area contributed by atoms with Crippen molar-refractivity contribution >= 4 is 11.8 Å². The van der Waals surface area contributed by atoms with Crippen molar-refractivity contribution in [3.8, 4) is 0 Å². The first-order valence-corrected chi connectivity index (χ1v) is 7.77. The summed E-state index contributed by atoms with van der Waals surface area (Å²) in [6.45, 7) is 1.61. The lowest BCUT2D eigenvalue weighted by Gasteiger charge is -2.23. The fourth-order valence-corrected chi connectivity index (χ4v) is 2.48. The number of carbonyl (C=O) groups excluding carboxylic acids is 2. The Hall–Kier alpha value is -2.69. The number of benzene rings is 2. The lowest BCUT2D eigenvalue weighted by molar-refractivity contribution is -0.131. The fraction of sp³-hybridized carbons (Fsp3) is 0.263. The third-order valence-corrected chi connectivity index (χ3v) is 3.75. The monoisotopic (exact) mass is 328 g/mol. The minimum Gasteiger partial charge on any atom is -0.349 e. The van der Waals surface area contributed by atoms with Crippen molar-refractivity contribution in [1.82, 2.24) is 10.2 Å². The van der Waals surface area contributed by atoms with E-state index in [1.165, 1.54) is 17.9 Å². The van der Waals surface area contributed by atoms with Gasteiger partial charge in [-0.2, -0.15) is 0 Å². The Balaban J connectivity index is 2.06. The highest BCUT2D eigenvalue weighted by Crippen LogP contribution is 2.18. The van der Waals surface area contributed by atoms with Gasteiger partial charge in [0.1, 0.15) is 5.82 Å². The Morgan fingerprint density at radius 3 is 2.33 bits per heavy atom. The van der Waals surface area contributed by atoms with Crippen LogP contribution in [0.15, 0.2) is 54.6 Å². The molecule has 2 aromatic rings. The Kier molecular flexibility index (Phi) is 6.07. The fourth-order valence-electron chi connectivity index (χ4n) is 2.48. The number of rotatable bonds is 6. The zero-order chi connectivity index (χ0) is 17.5. The summed E-state index contributed by atoms with van der Waals surface area (Å²) in [7, 11) is 1.63. The molecule has 0 aromatic heterocycles. The molecule has 0 fully saturated rings. The smallest absolute Gasteiger partial charge is 0.225 e.